The molecule has 8 heteroatoms. The van der Waals surface area contributed by atoms with E-state index in [0.717, 1.165) is 41.5 Å². The van der Waals surface area contributed by atoms with E-state index in [1.807, 2.05) is 6.07 Å². The van der Waals surface area contributed by atoms with Crippen LogP contribution in [0.15, 0.2) is 32.8 Å². The third-order valence-corrected chi connectivity index (χ3v) is 6.82. The second kappa shape index (κ2) is 8.25. The number of furan rings is 1. The van der Waals surface area contributed by atoms with Gasteiger partial charge in [0.05, 0.1) is 30.5 Å². The predicted molar refractivity (Wildman–Crippen MR) is 111 cm³/mol. The SMILES string of the molecule is C#CCNC(=O)CSc1nc2sc3c(c2c(=O)n1Cc1ccco1)CCCC3. The Morgan fingerprint density at radius 1 is 1.43 bits per heavy atom. The Morgan fingerprint density at radius 2 is 2.29 bits per heavy atom. The molecule has 4 rings (SSSR count). The second-order valence-electron chi connectivity index (χ2n) is 6.53. The van der Waals surface area contributed by atoms with Crippen LogP contribution in [0.5, 0.6) is 0 Å². The number of nitrogens with one attached hydrogen (secondary N) is 1. The lowest BCUT2D eigenvalue weighted by molar-refractivity contribution is -0.118. The molecule has 0 unspecified atom stereocenters. The number of rotatable bonds is 6. The smallest absolute Gasteiger partial charge is 0.263 e. The number of terminal acetylenes is 1. The number of carbonyl (C=O) groups excluding carboxylic acids is 1. The molecular weight excluding hydrogens is 394 g/mol. The summed E-state index contributed by atoms with van der Waals surface area (Å²) in [6.45, 7) is 0.469. The van der Waals surface area contributed by atoms with Crippen LogP contribution < -0.4 is 10.9 Å². The quantitative estimate of drug-likeness (QED) is 0.382. The van der Waals surface area contributed by atoms with Crippen molar-refractivity contribution >= 4 is 39.2 Å². The van der Waals surface area contributed by atoms with E-state index in [1.165, 1.54) is 16.6 Å². The molecular formula is C20H19N3O3S2. The van der Waals surface area contributed by atoms with Gasteiger partial charge in [-0.15, -0.1) is 17.8 Å². The van der Waals surface area contributed by atoms with E-state index in [1.54, 1.807) is 28.2 Å². The lowest BCUT2D eigenvalue weighted by Gasteiger charge is -2.12. The lowest BCUT2D eigenvalue weighted by Crippen LogP contribution is -2.27. The average Bonchev–Trinajstić information content (AvgIpc) is 3.34. The standard InChI is InChI=1S/C20H19N3O3S2/c1-2-9-21-16(24)12-27-20-22-18-17(14-7-3-4-8-15(14)28-18)19(25)23(20)11-13-6-5-10-26-13/h1,5-6,10H,3-4,7-9,11-12H2,(H,21,24). The summed E-state index contributed by atoms with van der Waals surface area (Å²) in [6, 6.07) is 3.62. The van der Waals surface area contributed by atoms with Crippen LogP contribution in [0.4, 0.5) is 0 Å². The van der Waals surface area contributed by atoms with Crippen LogP contribution >= 0.6 is 23.1 Å². The number of thiophene rings is 1. The monoisotopic (exact) mass is 413 g/mol. The van der Waals surface area contributed by atoms with Crippen LogP contribution in [0, 0.1) is 12.3 Å². The Morgan fingerprint density at radius 3 is 3.07 bits per heavy atom. The third-order valence-electron chi connectivity index (χ3n) is 4.65. The number of hydrogen-bond donors (Lipinski definition) is 1. The summed E-state index contributed by atoms with van der Waals surface area (Å²) >= 11 is 2.84. The Bertz CT molecular complexity index is 1110. The van der Waals surface area contributed by atoms with Gasteiger partial charge in [0, 0.05) is 4.88 Å². The van der Waals surface area contributed by atoms with Crippen molar-refractivity contribution in [3.05, 3.63) is 45.0 Å². The summed E-state index contributed by atoms with van der Waals surface area (Å²) in [5, 5.41) is 3.88. The maximum absolute atomic E-state index is 13.4. The highest BCUT2D eigenvalue weighted by Gasteiger charge is 2.23. The highest BCUT2D eigenvalue weighted by Crippen LogP contribution is 2.34. The van der Waals surface area contributed by atoms with Gasteiger partial charge in [-0.1, -0.05) is 17.7 Å². The van der Waals surface area contributed by atoms with Gasteiger partial charge in [-0.05, 0) is 43.4 Å². The molecule has 3 heterocycles. The molecule has 0 spiro atoms. The Kier molecular flexibility index (Phi) is 5.55. The first-order valence-corrected chi connectivity index (χ1v) is 10.9. The molecule has 0 saturated heterocycles. The number of aromatic nitrogens is 2. The normalized spacial score (nSPS) is 13.2. The number of thioether (sulfide) groups is 1. The van der Waals surface area contributed by atoms with E-state index >= 15 is 0 Å². The van der Waals surface area contributed by atoms with E-state index < -0.39 is 0 Å². The number of nitrogens with zero attached hydrogens (tertiary/aromatic N) is 2. The van der Waals surface area contributed by atoms with Gasteiger partial charge in [0.25, 0.3) is 5.56 Å². The molecule has 0 radical (unpaired) electrons. The molecule has 3 aromatic rings. The molecule has 0 atom stereocenters. The molecule has 0 aromatic carbocycles. The van der Waals surface area contributed by atoms with E-state index in [0.29, 0.717) is 10.9 Å². The van der Waals surface area contributed by atoms with E-state index in [9.17, 15) is 9.59 Å². The fourth-order valence-electron chi connectivity index (χ4n) is 3.36. The zero-order valence-corrected chi connectivity index (χ0v) is 16.8. The van der Waals surface area contributed by atoms with Gasteiger partial charge in [0.2, 0.25) is 5.91 Å². The molecule has 0 aliphatic heterocycles. The van der Waals surface area contributed by atoms with Crippen molar-refractivity contribution in [1.82, 2.24) is 14.9 Å². The number of hydrogen-bond acceptors (Lipinski definition) is 6. The summed E-state index contributed by atoms with van der Waals surface area (Å²) in [5.74, 6) is 3.00. The zero-order chi connectivity index (χ0) is 19.5. The highest BCUT2D eigenvalue weighted by atomic mass is 32.2. The number of fused-ring (bicyclic) bond motifs is 3. The van der Waals surface area contributed by atoms with Gasteiger partial charge in [0.15, 0.2) is 5.16 Å². The highest BCUT2D eigenvalue weighted by molar-refractivity contribution is 7.99. The molecule has 0 fully saturated rings. The van der Waals surface area contributed by atoms with Gasteiger partial charge >= 0.3 is 0 Å². The first-order valence-electron chi connectivity index (χ1n) is 9.08. The van der Waals surface area contributed by atoms with Crippen molar-refractivity contribution in [3.63, 3.8) is 0 Å². The largest absolute Gasteiger partial charge is 0.467 e. The predicted octanol–water partition coefficient (Wildman–Crippen LogP) is 2.82. The van der Waals surface area contributed by atoms with E-state index in [2.05, 4.69) is 11.2 Å². The third kappa shape index (κ3) is 3.73. The van der Waals surface area contributed by atoms with Gasteiger partial charge in [0.1, 0.15) is 10.6 Å². The Hall–Kier alpha value is -2.50. The van der Waals surface area contributed by atoms with Gasteiger partial charge in [-0.3, -0.25) is 14.2 Å². The molecule has 1 N–H and O–H groups in total. The minimum absolute atomic E-state index is 0.0627. The van der Waals surface area contributed by atoms with Crippen LogP contribution in [-0.2, 0) is 24.2 Å². The van der Waals surface area contributed by atoms with Crippen molar-refractivity contribution in [2.75, 3.05) is 12.3 Å². The van der Waals surface area contributed by atoms with Crippen LogP contribution in [0.2, 0.25) is 0 Å². The molecule has 0 bridgehead atoms. The fraction of sp³-hybridized carbons (Fsp3) is 0.350. The molecule has 1 amide bonds. The minimum atomic E-state index is -0.188. The van der Waals surface area contributed by atoms with Crippen LogP contribution in [0.3, 0.4) is 0 Å². The van der Waals surface area contributed by atoms with Crippen molar-refractivity contribution in [2.45, 2.75) is 37.4 Å². The molecule has 6 nitrogen and oxygen atoms in total. The van der Waals surface area contributed by atoms with Gasteiger partial charge in [-0.25, -0.2) is 4.98 Å². The zero-order valence-electron chi connectivity index (χ0n) is 15.2. The van der Waals surface area contributed by atoms with Gasteiger partial charge < -0.3 is 9.73 Å². The maximum atomic E-state index is 13.4. The lowest BCUT2D eigenvalue weighted by atomic mass is 9.97. The van der Waals surface area contributed by atoms with Crippen molar-refractivity contribution in [1.29, 1.82) is 0 Å². The first kappa shape index (κ1) is 18.8. The van der Waals surface area contributed by atoms with E-state index in [4.69, 9.17) is 15.8 Å². The molecule has 144 valence electrons. The van der Waals surface area contributed by atoms with Crippen LogP contribution in [0.1, 0.15) is 29.0 Å². The summed E-state index contributed by atoms with van der Waals surface area (Å²) < 4.78 is 7.05. The van der Waals surface area contributed by atoms with Crippen LogP contribution in [0.25, 0.3) is 10.2 Å². The molecule has 28 heavy (non-hydrogen) atoms. The number of aryl methyl sites for hydroxylation is 2. The summed E-state index contributed by atoms with van der Waals surface area (Å²) in [5.41, 5.74) is 1.09. The first-order chi connectivity index (χ1) is 13.7. The second-order valence-corrected chi connectivity index (χ2v) is 8.55. The fourth-order valence-corrected chi connectivity index (χ4v) is 5.49. The van der Waals surface area contributed by atoms with Gasteiger partial charge in [-0.2, -0.15) is 0 Å². The molecule has 1 aliphatic carbocycles. The average molecular weight is 414 g/mol. The van der Waals surface area contributed by atoms with Crippen molar-refractivity contribution < 1.29 is 9.21 Å². The summed E-state index contributed by atoms with van der Waals surface area (Å²) in [7, 11) is 0. The number of amides is 1. The van der Waals surface area contributed by atoms with Crippen molar-refractivity contribution in [2.24, 2.45) is 0 Å². The summed E-state index contributed by atoms with van der Waals surface area (Å²) in [6.07, 6.45) is 10.9. The Balaban J connectivity index is 1.74. The molecule has 0 saturated carbocycles. The Labute approximate surface area is 170 Å². The number of carbonyl (C=O) groups is 1. The van der Waals surface area contributed by atoms with E-state index in [-0.39, 0.29) is 30.3 Å². The maximum Gasteiger partial charge on any atom is 0.263 e. The minimum Gasteiger partial charge on any atom is -0.467 e. The summed E-state index contributed by atoms with van der Waals surface area (Å²) in [4.78, 5) is 32.1. The molecule has 3 aromatic heterocycles. The molecule has 1 aliphatic rings. The van der Waals surface area contributed by atoms with Crippen molar-refractivity contribution in [3.8, 4) is 12.3 Å². The van der Waals surface area contributed by atoms with Crippen LogP contribution in [-0.4, -0.2) is 27.8 Å². The topological polar surface area (TPSA) is 77.1 Å².